The molecular formula is C17H26N2O. The van der Waals surface area contributed by atoms with E-state index in [9.17, 15) is 4.79 Å². The van der Waals surface area contributed by atoms with Gasteiger partial charge in [-0.05, 0) is 31.4 Å². The highest BCUT2D eigenvalue weighted by molar-refractivity contribution is 5.99. The summed E-state index contributed by atoms with van der Waals surface area (Å²) in [6.45, 7) is 2.80. The third kappa shape index (κ3) is 3.99. The topological polar surface area (TPSA) is 41.1 Å². The highest BCUT2D eigenvalue weighted by Gasteiger charge is 2.14. The van der Waals surface area contributed by atoms with E-state index < -0.39 is 0 Å². The van der Waals surface area contributed by atoms with Gasteiger partial charge in [0.1, 0.15) is 0 Å². The zero-order valence-electron chi connectivity index (χ0n) is 12.7. The number of rotatable bonds is 5. The van der Waals surface area contributed by atoms with E-state index in [2.05, 4.69) is 10.6 Å². The van der Waals surface area contributed by atoms with Gasteiger partial charge in [-0.2, -0.15) is 0 Å². The second kappa shape index (κ2) is 7.32. The average Bonchev–Trinajstić information content (AvgIpc) is 2.48. The lowest BCUT2D eigenvalue weighted by molar-refractivity contribution is 0.0951. The predicted molar refractivity (Wildman–Crippen MR) is 84.3 cm³/mol. The summed E-state index contributed by atoms with van der Waals surface area (Å²) in [6, 6.07) is 5.93. The molecule has 1 aromatic rings. The van der Waals surface area contributed by atoms with Crippen molar-refractivity contribution in [2.45, 2.75) is 45.4 Å². The normalized spacial score (nSPS) is 15.9. The molecule has 0 aromatic heterocycles. The first kappa shape index (κ1) is 14.9. The van der Waals surface area contributed by atoms with Gasteiger partial charge in [-0.3, -0.25) is 4.79 Å². The number of anilines is 1. The van der Waals surface area contributed by atoms with Gasteiger partial charge in [-0.15, -0.1) is 0 Å². The molecule has 2 N–H and O–H groups in total. The fraction of sp³-hybridized carbons (Fsp3) is 0.588. The number of carbonyl (C=O) groups excluding carboxylic acids is 1. The molecule has 0 bridgehead atoms. The van der Waals surface area contributed by atoms with Crippen LogP contribution in [0.3, 0.4) is 0 Å². The molecule has 1 aliphatic carbocycles. The van der Waals surface area contributed by atoms with Crippen LogP contribution in [0.15, 0.2) is 18.2 Å². The second-order valence-corrected chi connectivity index (χ2v) is 5.85. The lowest BCUT2D eigenvalue weighted by atomic mass is 9.87. The fourth-order valence-electron chi connectivity index (χ4n) is 3.02. The van der Waals surface area contributed by atoms with E-state index in [1.54, 1.807) is 0 Å². The number of hydrogen-bond donors (Lipinski definition) is 2. The minimum Gasteiger partial charge on any atom is -0.387 e. The highest BCUT2D eigenvalue weighted by Crippen LogP contribution is 2.25. The van der Waals surface area contributed by atoms with Gasteiger partial charge in [0.05, 0.1) is 5.56 Å². The summed E-state index contributed by atoms with van der Waals surface area (Å²) in [5.74, 6) is 0.846. The minimum atomic E-state index is 0.0360. The smallest absolute Gasteiger partial charge is 0.253 e. The number of nitrogens with one attached hydrogen (secondary N) is 2. The Bertz CT molecular complexity index is 450. The highest BCUT2D eigenvalue weighted by atomic mass is 16.1. The standard InChI is InChI=1S/C17H26N2O/c1-13-8-9-16(18-2)15(12-13)17(20)19-11-10-14-6-4-3-5-7-14/h8-9,12,14,18H,3-7,10-11H2,1-2H3,(H,19,20). The minimum absolute atomic E-state index is 0.0360. The van der Waals surface area contributed by atoms with Crippen LogP contribution in [-0.4, -0.2) is 19.5 Å². The summed E-state index contributed by atoms with van der Waals surface area (Å²) < 4.78 is 0. The number of aryl methyl sites for hydroxylation is 1. The molecule has 0 aliphatic heterocycles. The molecule has 0 heterocycles. The Morgan fingerprint density at radius 1 is 1.25 bits per heavy atom. The summed E-state index contributed by atoms with van der Waals surface area (Å²) in [5.41, 5.74) is 2.75. The van der Waals surface area contributed by atoms with Crippen molar-refractivity contribution < 1.29 is 4.79 Å². The Morgan fingerprint density at radius 3 is 2.70 bits per heavy atom. The van der Waals surface area contributed by atoms with Gasteiger partial charge in [0.25, 0.3) is 5.91 Å². The summed E-state index contributed by atoms with van der Waals surface area (Å²) in [7, 11) is 1.85. The van der Waals surface area contributed by atoms with Crippen molar-refractivity contribution in [2.75, 3.05) is 18.9 Å². The molecule has 1 fully saturated rings. The van der Waals surface area contributed by atoms with Gasteiger partial charge in [0, 0.05) is 19.3 Å². The van der Waals surface area contributed by atoms with Crippen LogP contribution < -0.4 is 10.6 Å². The molecule has 3 heteroatoms. The maximum absolute atomic E-state index is 12.3. The van der Waals surface area contributed by atoms with Gasteiger partial charge in [-0.1, -0.05) is 43.7 Å². The van der Waals surface area contributed by atoms with E-state index in [1.807, 2.05) is 32.2 Å². The first-order valence-corrected chi connectivity index (χ1v) is 7.77. The van der Waals surface area contributed by atoms with Crippen LogP contribution in [-0.2, 0) is 0 Å². The van der Waals surface area contributed by atoms with Crippen molar-refractivity contribution >= 4 is 11.6 Å². The molecule has 1 saturated carbocycles. The first-order valence-electron chi connectivity index (χ1n) is 7.77. The second-order valence-electron chi connectivity index (χ2n) is 5.85. The lowest BCUT2D eigenvalue weighted by Crippen LogP contribution is -2.27. The summed E-state index contributed by atoms with van der Waals surface area (Å²) in [4.78, 5) is 12.3. The first-order chi connectivity index (χ1) is 9.70. The molecule has 0 unspecified atom stereocenters. The van der Waals surface area contributed by atoms with Gasteiger partial charge in [-0.25, -0.2) is 0 Å². The molecule has 1 aliphatic rings. The maximum Gasteiger partial charge on any atom is 0.253 e. The van der Waals surface area contributed by atoms with Crippen LogP contribution in [0.1, 0.15) is 54.4 Å². The molecule has 2 rings (SSSR count). The third-order valence-electron chi connectivity index (χ3n) is 4.25. The summed E-state index contributed by atoms with van der Waals surface area (Å²) in [6.07, 6.45) is 7.90. The van der Waals surface area contributed by atoms with Crippen molar-refractivity contribution in [3.8, 4) is 0 Å². The molecule has 0 radical (unpaired) electrons. The molecule has 1 aromatic carbocycles. The summed E-state index contributed by atoms with van der Waals surface area (Å²) in [5, 5.41) is 6.15. The number of benzene rings is 1. The summed E-state index contributed by atoms with van der Waals surface area (Å²) >= 11 is 0. The predicted octanol–water partition coefficient (Wildman–Crippen LogP) is 3.74. The Balaban J connectivity index is 1.86. The van der Waals surface area contributed by atoms with Crippen LogP contribution in [0, 0.1) is 12.8 Å². The van der Waals surface area contributed by atoms with Crippen LogP contribution in [0.2, 0.25) is 0 Å². The van der Waals surface area contributed by atoms with Crippen molar-refractivity contribution in [3.63, 3.8) is 0 Å². The van der Waals surface area contributed by atoms with E-state index in [4.69, 9.17) is 0 Å². The van der Waals surface area contributed by atoms with Crippen LogP contribution in [0.5, 0.6) is 0 Å². The van der Waals surface area contributed by atoms with E-state index in [0.29, 0.717) is 0 Å². The van der Waals surface area contributed by atoms with Crippen molar-refractivity contribution in [1.82, 2.24) is 5.32 Å². The largest absolute Gasteiger partial charge is 0.387 e. The van der Waals surface area contributed by atoms with E-state index in [0.717, 1.165) is 35.7 Å². The van der Waals surface area contributed by atoms with Gasteiger partial charge in [0.2, 0.25) is 0 Å². The Morgan fingerprint density at radius 2 is 2.00 bits per heavy atom. The Labute approximate surface area is 122 Å². The molecule has 3 nitrogen and oxygen atoms in total. The number of amides is 1. The molecule has 0 atom stereocenters. The van der Waals surface area contributed by atoms with E-state index in [1.165, 1.54) is 32.1 Å². The molecule has 0 saturated heterocycles. The van der Waals surface area contributed by atoms with Crippen molar-refractivity contribution in [2.24, 2.45) is 5.92 Å². The quantitative estimate of drug-likeness (QED) is 0.859. The molecule has 110 valence electrons. The Kier molecular flexibility index (Phi) is 5.45. The molecule has 0 spiro atoms. The number of carbonyl (C=O) groups is 1. The van der Waals surface area contributed by atoms with Crippen molar-refractivity contribution in [1.29, 1.82) is 0 Å². The SMILES string of the molecule is CNc1ccc(C)cc1C(=O)NCCC1CCCCC1. The fourth-order valence-corrected chi connectivity index (χ4v) is 3.02. The van der Waals surface area contributed by atoms with Crippen LogP contribution >= 0.6 is 0 Å². The average molecular weight is 274 g/mol. The molecule has 20 heavy (non-hydrogen) atoms. The van der Waals surface area contributed by atoms with Gasteiger partial charge in [0.15, 0.2) is 0 Å². The maximum atomic E-state index is 12.3. The van der Waals surface area contributed by atoms with Gasteiger partial charge >= 0.3 is 0 Å². The zero-order valence-corrected chi connectivity index (χ0v) is 12.7. The van der Waals surface area contributed by atoms with E-state index in [-0.39, 0.29) is 5.91 Å². The number of hydrogen-bond acceptors (Lipinski definition) is 2. The lowest BCUT2D eigenvalue weighted by Gasteiger charge is -2.21. The molecular weight excluding hydrogens is 248 g/mol. The Hall–Kier alpha value is -1.51. The van der Waals surface area contributed by atoms with Gasteiger partial charge < -0.3 is 10.6 Å². The van der Waals surface area contributed by atoms with Crippen LogP contribution in [0.4, 0.5) is 5.69 Å². The monoisotopic (exact) mass is 274 g/mol. The van der Waals surface area contributed by atoms with Crippen LogP contribution in [0.25, 0.3) is 0 Å². The zero-order chi connectivity index (χ0) is 14.4. The van der Waals surface area contributed by atoms with E-state index >= 15 is 0 Å². The third-order valence-corrected chi connectivity index (χ3v) is 4.25. The van der Waals surface area contributed by atoms with Crippen molar-refractivity contribution in [3.05, 3.63) is 29.3 Å². The molecule has 1 amide bonds.